The van der Waals surface area contributed by atoms with Gasteiger partial charge in [0.2, 0.25) is 0 Å². The van der Waals surface area contributed by atoms with Crippen LogP contribution in [0.4, 0.5) is 0 Å². The van der Waals surface area contributed by atoms with Crippen molar-refractivity contribution >= 4 is 0 Å². The normalized spacial score (nSPS) is 29.7. The van der Waals surface area contributed by atoms with Gasteiger partial charge < -0.3 is 4.74 Å². The number of nitrogens with zero attached hydrogens (tertiary/aromatic N) is 1. The van der Waals surface area contributed by atoms with E-state index >= 15 is 0 Å². The van der Waals surface area contributed by atoms with Crippen LogP contribution in [-0.2, 0) is 4.74 Å². The molecule has 0 aromatic heterocycles. The molecule has 1 atom stereocenters. The van der Waals surface area contributed by atoms with Crippen molar-refractivity contribution in [2.45, 2.75) is 25.4 Å². The van der Waals surface area contributed by atoms with Crippen LogP contribution in [0.2, 0.25) is 0 Å². The Labute approximate surface area is 56.6 Å². The highest BCUT2D eigenvalue weighted by molar-refractivity contribution is 4.64. The van der Waals surface area contributed by atoms with Crippen molar-refractivity contribution in [3.05, 3.63) is 0 Å². The maximum atomic E-state index is 5.21. The molecule has 1 heterocycles. The number of hydrogen-bond acceptors (Lipinski definition) is 1. The molecule has 0 aromatic rings. The average molecular weight is 128 g/mol. The van der Waals surface area contributed by atoms with Crippen LogP contribution >= 0.6 is 0 Å². The first-order chi connectivity index (χ1) is 4.43. The summed E-state index contributed by atoms with van der Waals surface area (Å²) in [5.41, 5.74) is 0. The molecule has 1 rings (SSSR count). The topological polar surface area (TPSA) is 23.3 Å². The van der Waals surface area contributed by atoms with Gasteiger partial charge in [0, 0.05) is 20.2 Å². The van der Waals surface area contributed by atoms with E-state index in [2.05, 4.69) is 5.32 Å². The van der Waals surface area contributed by atoms with E-state index in [0.717, 1.165) is 19.5 Å². The molecule has 1 aliphatic heterocycles. The Morgan fingerprint density at radius 2 is 2.22 bits per heavy atom. The molecule has 0 aliphatic carbocycles. The van der Waals surface area contributed by atoms with Crippen LogP contribution < -0.4 is 5.32 Å². The van der Waals surface area contributed by atoms with Crippen molar-refractivity contribution < 1.29 is 4.74 Å². The van der Waals surface area contributed by atoms with E-state index in [1.165, 1.54) is 12.8 Å². The second kappa shape index (κ2) is 3.85. The van der Waals surface area contributed by atoms with E-state index in [4.69, 9.17) is 4.74 Å². The molecule has 1 saturated heterocycles. The van der Waals surface area contributed by atoms with Crippen LogP contribution in [0.1, 0.15) is 19.3 Å². The summed E-state index contributed by atoms with van der Waals surface area (Å²) in [4.78, 5) is 0. The van der Waals surface area contributed by atoms with E-state index < -0.39 is 0 Å². The first kappa shape index (κ1) is 7.03. The number of hydrogen-bond donors (Lipinski definition) is 0. The molecule has 1 radical (unpaired) electrons. The summed E-state index contributed by atoms with van der Waals surface area (Å²) in [6.07, 6.45) is 4.01. The molecule has 1 aliphatic rings. The number of rotatable bonds is 1. The van der Waals surface area contributed by atoms with Crippen molar-refractivity contribution in [3.8, 4) is 0 Å². The van der Waals surface area contributed by atoms with Crippen molar-refractivity contribution in [3.63, 3.8) is 0 Å². The maximum absolute atomic E-state index is 5.21. The molecule has 53 valence electrons. The molecule has 2 heteroatoms. The van der Waals surface area contributed by atoms with Crippen LogP contribution in [0.5, 0.6) is 0 Å². The minimum Gasteiger partial charge on any atom is -0.381 e. The van der Waals surface area contributed by atoms with E-state index in [1.807, 2.05) is 0 Å². The number of ether oxygens (including phenoxy) is 1. The smallest absolute Gasteiger partial charge is 0.0584 e. The van der Waals surface area contributed by atoms with Gasteiger partial charge in [-0.05, 0) is 19.3 Å². The summed E-state index contributed by atoms with van der Waals surface area (Å²) in [5, 5.41) is 4.29. The second-order valence-electron chi connectivity index (χ2n) is 2.46. The highest BCUT2D eigenvalue weighted by Gasteiger charge is 2.09. The molecule has 1 fully saturated rings. The van der Waals surface area contributed by atoms with Crippen molar-refractivity contribution in [2.24, 2.45) is 0 Å². The third-order valence-electron chi connectivity index (χ3n) is 1.78. The van der Waals surface area contributed by atoms with E-state index in [1.54, 1.807) is 7.11 Å². The van der Waals surface area contributed by atoms with Gasteiger partial charge in [-0.15, -0.1) is 0 Å². The van der Waals surface area contributed by atoms with Gasteiger partial charge in [0.05, 0.1) is 6.10 Å². The highest BCUT2D eigenvalue weighted by atomic mass is 16.5. The summed E-state index contributed by atoms with van der Waals surface area (Å²) in [5.74, 6) is 0. The van der Waals surface area contributed by atoms with Crippen LogP contribution in [0.15, 0.2) is 0 Å². The minimum atomic E-state index is 0.483. The lowest BCUT2D eigenvalue weighted by Crippen LogP contribution is -2.11. The third-order valence-corrected chi connectivity index (χ3v) is 1.78. The van der Waals surface area contributed by atoms with Gasteiger partial charge in [0.25, 0.3) is 0 Å². The van der Waals surface area contributed by atoms with E-state index in [0.29, 0.717) is 6.10 Å². The molecular formula is C7H14NO. The van der Waals surface area contributed by atoms with Crippen molar-refractivity contribution in [2.75, 3.05) is 20.2 Å². The predicted octanol–water partition coefficient (Wildman–Crippen LogP) is 0.790. The Hall–Kier alpha value is -0.0800. The number of methoxy groups -OCH3 is 1. The minimum absolute atomic E-state index is 0.483. The molecule has 0 bridgehead atoms. The maximum Gasteiger partial charge on any atom is 0.0584 e. The lowest BCUT2D eigenvalue weighted by molar-refractivity contribution is 0.0927. The van der Waals surface area contributed by atoms with Gasteiger partial charge in [0.15, 0.2) is 0 Å². The SMILES string of the molecule is COC1CCC[N]CC1. The van der Waals surface area contributed by atoms with Gasteiger partial charge in [-0.1, -0.05) is 0 Å². The largest absolute Gasteiger partial charge is 0.381 e. The van der Waals surface area contributed by atoms with Crippen LogP contribution in [0.3, 0.4) is 0 Å². The average Bonchev–Trinajstić information content (AvgIpc) is 2.13. The van der Waals surface area contributed by atoms with Crippen LogP contribution in [0, 0.1) is 0 Å². The Kier molecular flexibility index (Phi) is 3.01. The molecule has 0 saturated carbocycles. The van der Waals surface area contributed by atoms with Crippen molar-refractivity contribution in [1.82, 2.24) is 5.32 Å². The summed E-state index contributed by atoms with van der Waals surface area (Å²) >= 11 is 0. The summed E-state index contributed by atoms with van der Waals surface area (Å²) in [7, 11) is 1.79. The van der Waals surface area contributed by atoms with Gasteiger partial charge in [-0.2, -0.15) is 0 Å². The van der Waals surface area contributed by atoms with Gasteiger partial charge >= 0.3 is 0 Å². The summed E-state index contributed by atoms with van der Waals surface area (Å²) in [6.45, 7) is 2.04. The van der Waals surface area contributed by atoms with Crippen LogP contribution in [0.25, 0.3) is 0 Å². The molecule has 0 amide bonds. The van der Waals surface area contributed by atoms with Crippen LogP contribution in [-0.4, -0.2) is 26.3 Å². The monoisotopic (exact) mass is 128 g/mol. The molecule has 9 heavy (non-hydrogen) atoms. The Bertz CT molecular complexity index is 67.3. The van der Waals surface area contributed by atoms with E-state index in [-0.39, 0.29) is 0 Å². The first-order valence-electron chi connectivity index (χ1n) is 3.59. The zero-order valence-electron chi connectivity index (χ0n) is 5.97. The fourth-order valence-electron chi connectivity index (χ4n) is 1.16. The quantitative estimate of drug-likeness (QED) is 0.512. The fraction of sp³-hybridized carbons (Fsp3) is 1.00. The molecular weight excluding hydrogens is 114 g/mol. The fourth-order valence-corrected chi connectivity index (χ4v) is 1.16. The zero-order valence-corrected chi connectivity index (χ0v) is 5.97. The highest BCUT2D eigenvalue weighted by Crippen LogP contribution is 2.07. The molecule has 0 spiro atoms. The van der Waals surface area contributed by atoms with Gasteiger partial charge in [-0.25, -0.2) is 5.32 Å². The molecule has 0 aromatic carbocycles. The van der Waals surface area contributed by atoms with Gasteiger partial charge in [-0.3, -0.25) is 0 Å². The Balaban J connectivity index is 2.18. The summed E-state index contributed by atoms with van der Waals surface area (Å²) in [6, 6.07) is 0. The van der Waals surface area contributed by atoms with Gasteiger partial charge in [0.1, 0.15) is 0 Å². The van der Waals surface area contributed by atoms with E-state index in [9.17, 15) is 0 Å². The zero-order chi connectivity index (χ0) is 6.53. The Morgan fingerprint density at radius 3 is 3.00 bits per heavy atom. The first-order valence-corrected chi connectivity index (χ1v) is 3.59. The predicted molar refractivity (Wildman–Crippen MR) is 36.5 cm³/mol. The molecule has 2 nitrogen and oxygen atoms in total. The standard InChI is InChI=1S/C7H14NO/c1-9-7-3-2-5-8-6-4-7/h7H,2-6H2,1H3. The molecule has 1 unspecified atom stereocenters. The van der Waals surface area contributed by atoms with Crippen molar-refractivity contribution in [1.29, 1.82) is 0 Å². The molecule has 0 N–H and O–H groups in total. The lowest BCUT2D eigenvalue weighted by atomic mass is 10.2. The third kappa shape index (κ3) is 2.33. The Morgan fingerprint density at radius 1 is 1.33 bits per heavy atom. The lowest BCUT2D eigenvalue weighted by Gasteiger charge is -2.09. The summed E-state index contributed by atoms with van der Waals surface area (Å²) < 4.78 is 5.21. The second-order valence-corrected chi connectivity index (χ2v) is 2.46.